The molecule has 0 saturated carbocycles. The highest BCUT2D eigenvalue weighted by Gasteiger charge is 2.39. The van der Waals surface area contributed by atoms with E-state index in [4.69, 9.17) is 28.4 Å². The molecule has 41 heavy (non-hydrogen) atoms. The molecule has 1 aromatic carbocycles. The first-order valence-corrected chi connectivity index (χ1v) is 14.0. The molecule has 1 aliphatic heterocycles. The minimum absolute atomic E-state index is 0.0857. The Morgan fingerprint density at radius 2 is 1.41 bits per heavy atom. The summed E-state index contributed by atoms with van der Waals surface area (Å²) in [7, 11) is 0. The second kappa shape index (κ2) is 19.1. The van der Waals surface area contributed by atoms with Crippen LogP contribution in [0.3, 0.4) is 0 Å². The Kier molecular flexibility index (Phi) is 15.9. The van der Waals surface area contributed by atoms with E-state index in [0.717, 1.165) is 5.56 Å². The number of imide groups is 1. The summed E-state index contributed by atoms with van der Waals surface area (Å²) < 4.78 is 31.7. The molecular formula is C29H44N2O10. The van der Waals surface area contributed by atoms with E-state index in [2.05, 4.69) is 5.32 Å². The third-order valence-corrected chi connectivity index (χ3v) is 6.06. The molecule has 1 N–H and O–H groups in total. The summed E-state index contributed by atoms with van der Waals surface area (Å²) in [5.74, 6) is -0.476. The van der Waals surface area contributed by atoms with E-state index in [-0.39, 0.29) is 74.9 Å². The van der Waals surface area contributed by atoms with Gasteiger partial charge in [0.1, 0.15) is 6.61 Å². The molecule has 12 heteroatoms. The molecule has 0 aromatic heterocycles. The molecule has 0 radical (unpaired) electrons. The Balaban J connectivity index is 1.38. The monoisotopic (exact) mass is 580 g/mol. The van der Waals surface area contributed by atoms with Crippen molar-refractivity contribution in [1.82, 2.24) is 4.90 Å². The number of carbonyl (C=O) groups is 4. The number of amides is 3. The summed E-state index contributed by atoms with van der Waals surface area (Å²) in [6.07, 6.45) is -0.475. The molecule has 12 nitrogen and oxygen atoms in total. The van der Waals surface area contributed by atoms with Gasteiger partial charge in [0.25, 0.3) is 0 Å². The predicted octanol–water partition coefficient (Wildman–Crippen LogP) is 3.17. The Hall–Kier alpha value is -3.06. The Morgan fingerprint density at radius 1 is 0.854 bits per heavy atom. The average molecular weight is 581 g/mol. The Bertz CT molecular complexity index is 951. The van der Waals surface area contributed by atoms with Gasteiger partial charge < -0.3 is 33.7 Å². The van der Waals surface area contributed by atoms with Gasteiger partial charge in [0.05, 0.1) is 71.9 Å². The van der Waals surface area contributed by atoms with Crippen LogP contribution < -0.4 is 5.32 Å². The highest BCUT2D eigenvalue weighted by atomic mass is 16.7. The zero-order valence-electron chi connectivity index (χ0n) is 24.6. The van der Waals surface area contributed by atoms with Crippen LogP contribution in [0, 0.1) is 11.8 Å². The van der Waals surface area contributed by atoms with Gasteiger partial charge >= 0.3 is 6.16 Å². The molecule has 1 heterocycles. The van der Waals surface area contributed by atoms with Gasteiger partial charge in [-0.25, -0.2) is 4.79 Å². The number of nitrogens with zero attached hydrogens (tertiary/aromatic N) is 1. The second-order valence-electron chi connectivity index (χ2n) is 10.1. The molecule has 1 aromatic rings. The molecule has 2 rings (SSSR count). The van der Waals surface area contributed by atoms with Gasteiger partial charge in [-0.2, -0.15) is 0 Å². The Morgan fingerprint density at radius 3 is 1.95 bits per heavy atom. The van der Waals surface area contributed by atoms with Crippen LogP contribution in [0.5, 0.6) is 0 Å². The average Bonchev–Trinajstić information content (AvgIpc) is 3.21. The predicted molar refractivity (Wildman–Crippen MR) is 149 cm³/mol. The molecule has 0 aliphatic carbocycles. The molecule has 1 atom stereocenters. The third kappa shape index (κ3) is 13.9. The molecule has 0 spiro atoms. The molecular weight excluding hydrogens is 536 g/mol. The van der Waals surface area contributed by atoms with E-state index in [1.807, 2.05) is 13.8 Å². The molecule has 0 bridgehead atoms. The quantitative estimate of drug-likeness (QED) is 0.139. The van der Waals surface area contributed by atoms with Gasteiger partial charge in [0, 0.05) is 18.0 Å². The molecule has 1 unspecified atom stereocenters. The number of carbonyl (C=O) groups excluding carboxylic acids is 4. The van der Waals surface area contributed by atoms with Crippen molar-refractivity contribution in [1.29, 1.82) is 0 Å². The van der Waals surface area contributed by atoms with Crippen molar-refractivity contribution >= 4 is 29.6 Å². The van der Waals surface area contributed by atoms with E-state index >= 15 is 0 Å². The van der Waals surface area contributed by atoms with Crippen molar-refractivity contribution in [3.63, 3.8) is 0 Å². The lowest BCUT2D eigenvalue weighted by Crippen LogP contribution is -2.34. The molecule has 3 amide bonds. The SMILES string of the molecule is CC(C)OC(=O)OCc1ccc(NC(=O)CCOCCOCCOCCOCCN2C(=O)CC(C(C)C)C2=O)cc1. The van der Waals surface area contributed by atoms with E-state index < -0.39 is 6.16 Å². The summed E-state index contributed by atoms with van der Waals surface area (Å²) in [5.41, 5.74) is 1.41. The van der Waals surface area contributed by atoms with Crippen molar-refractivity contribution in [2.75, 3.05) is 64.7 Å². The smallest absolute Gasteiger partial charge is 0.432 e. The molecule has 230 valence electrons. The standard InChI is InChI=1S/C29H44N2O10/c1-21(2)25-19-27(33)31(28(25)34)10-12-37-14-16-39-18-17-38-15-13-36-11-9-26(32)30-24-7-5-23(6-8-24)20-40-29(35)41-22(3)4/h5-8,21-22,25H,9-20H2,1-4H3,(H,30,32). The van der Waals surface area contributed by atoms with Crippen LogP contribution in [0.1, 0.15) is 46.1 Å². The van der Waals surface area contributed by atoms with Crippen LogP contribution in [0.4, 0.5) is 10.5 Å². The maximum atomic E-state index is 12.2. The summed E-state index contributed by atoms with van der Waals surface area (Å²) in [5, 5.41) is 2.79. The fourth-order valence-electron chi connectivity index (χ4n) is 3.82. The maximum Gasteiger partial charge on any atom is 0.508 e. The van der Waals surface area contributed by atoms with E-state index in [0.29, 0.717) is 45.3 Å². The largest absolute Gasteiger partial charge is 0.508 e. The fourth-order valence-corrected chi connectivity index (χ4v) is 3.82. The first-order valence-electron chi connectivity index (χ1n) is 14.0. The van der Waals surface area contributed by atoms with Crippen LogP contribution in [-0.4, -0.2) is 94.3 Å². The van der Waals surface area contributed by atoms with Gasteiger partial charge in [0.2, 0.25) is 17.7 Å². The van der Waals surface area contributed by atoms with Crippen molar-refractivity contribution in [2.24, 2.45) is 11.8 Å². The highest BCUT2D eigenvalue weighted by Crippen LogP contribution is 2.25. The summed E-state index contributed by atoms with van der Waals surface area (Å²) in [6, 6.07) is 6.97. The molecule has 1 saturated heterocycles. The topological polar surface area (TPSA) is 139 Å². The summed E-state index contributed by atoms with van der Waals surface area (Å²) in [4.78, 5) is 49.0. The second-order valence-corrected chi connectivity index (χ2v) is 10.1. The normalized spacial score (nSPS) is 15.2. The van der Waals surface area contributed by atoms with Crippen molar-refractivity contribution in [3.8, 4) is 0 Å². The number of anilines is 1. The van der Waals surface area contributed by atoms with Crippen molar-refractivity contribution in [3.05, 3.63) is 29.8 Å². The van der Waals surface area contributed by atoms with Gasteiger partial charge in [-0.05, 0) is 37.5 Å². The van der Waals surface area contributed by atoms with E-state index in [9.17, 15) is 19.2 Å². The molecule has 1 aliphatic rings. The lowest BCUT2D eigenvalue weighted by molar-refractivity contribution is -0.140. The first-order chi connectivity index (χ1) is 19.7. The van der Waals surface area contributed by atoms with Gasteiger partial charge in [-0.1, -0.05) is 26.0 Å². The minimum Gasteiger partial charge on any atom is -0.432 e. The van der Waals surface area contributed by atoms with Crippen molar-refractivity contribution in [2.45, 2.75) is 53.2 Å². The van der Waals surface area contributed by atoms with Crippen LogP contribution >= 0.6 is 0 Å². The van der Waals surface area contributed by atoms with E-state index in [1.54, 1.807) is 38.1 Å². The van der Waals surface area contributed by atoms with Crippen LogP contribution in [0.15, 0.2) is 24.3 Å². The minimum atomic E-state index is -0.720. The van der Waals surface area contributed by atoms with Crippen LogP contribution in [0.2, 0.25) is 0 Å². The highest BCUT2D eigenvalue weighted by molar-refractivity contribution is 6.03. The van der Waals surface area contributed by atoms with Crippen LogP contribution in [0.25, 0.3) is 0 Å². The summed E-state index contributed by atoms with van der Waals surface area (Å²) >= 11 is 0. The number of likely N-dealkylation sites (tertiary alicyclic amines) is 1. The lowest BCUT2D eigenvalue weighted by Gasteiger charge is -2.16. The van der Waals surface area contributed by atoms with Crippen LogP contribution in [-0.2, 0) is 49.4 Å². The fraction of sp³-hybridized carbons (Fsp3) is 0.655. The number of benzene rings is 1. The zero-order valence-corrected chi connectivity index (χ0v) is 24.6. The van der Waals surface area contributed by atoms with Gasteiger partial charge in [-0.3, -0.25) is 19.3 Å². The van der Waals surface area contributed by atoms with E-state index in [1.165, 1.54) is 4.90 Å². The number of ether oxygens (including phenoxy) is 6. The number of hydrogen-bond donors (Lipinski definition) is 1. The zero-order chi connectivity index (χ0) is 30.0. The number of hydrogen-bond acceptors (Lipinski definition) is 10. The number of nitrogens with one attached hydrogen (secondary N) is 1. The molecule has 1 fully saturated rings. The van der Waals surface area contributed by atoms with Crippen molar-refractivity contribution < 1.29 is 47.6 Å². The summed E-state index contributed by atoms with van der Waals surface area (Å²) in [6.45, 7) is 10.6. The van der Waals surface area contributed by atoms with Gasteiger partial charge in [0.15, 0.2) is 0 Å². The van der Waals surface area contributed by atoms with Gasteiger partial charge in [-0.15, -0.1) is 0 Å². The Labute approximate surface area is 241 Å². The first kappa shape index (κ1) is 34.1. The maximum absolute atomic E-state index is 12.2. The number of rotatable bonds is 20. The lowest BCUT2D eigenvalue weighted by atomic mass is 9.94. The third-order valence-electron chi connectivity index (χ3n) is 6.06.